The van der Waals surface area contributed by atoms with E-state index in [9.17, 15) is 4.79 Å². The van der Waals surface area contributed by atoms with Crippen molar-refractivity contribution in [1.29, 1.82) is 0 Å². The molecule has 10 nitrogen and oxygen atoms in total. The maximum Gasteiger partial charge on any atom is 0.276 e. The Hall–Kier alpha value is -3.96. The maximum atomic E-state index is 12.3. The normalized spacial score (nSPS) is 10.6. The second-order valence-corrected chi connectivity index (χ2v) is 8.38. The smallest absolute Gasteiger partial charge is 0.276 e. The fourth-order valence-electron chi connectivity index (χ4n) is 3.10. The SMILES string of the molecule is CCCCOc1ccc(NC(=S)NNC(=O)COc2ncnc3onc(-c4ccc(Cl)cc4)c23)cc1. The molecule has 0 fully saturated rings. The van der Waals surface area contributed by atoms with Crippen LogP contribution in [0.15, 0.2) is 59.4 Å². The number of fused-ring (bicyclic) bond motifs is 1. The van der Waals surface area contributed by atoms with Crippen molar-refractivity contribution < 1.29 is 18.8 Å². The minimum Gasteiger partial charge on any atom is -0.494 e. The zero-order valence-electron chi connectivity index (χ0n) is 19.3. The number of unbranched alkanes of at least 4 members (excludes halogenated alkanes) is 1. The number of thiocarbonyl (C=S) groups is 1. The van der Waals surface area contributed by atoms with Crippen molar-refractivity contribution in [2.24, 2.45) is 0 Å². The summed E-state index contributed by atoms with van der Waals surface area (Å²) >= 11 is 11.2. The molecule has 2 heterocycles. The summed E-state index contributed by atoms with van der Waals surface area (Å²) in [6, 6.07) is 14.4. The van der Waals surface area contributed by atoms with Crippen LogP contribution in [0.5, 0.6) is 11.6 Å². The number of carbonyl (C=O) groups excluding carboxylic acids is 1. The van der Waals surface area contributed by atoms with E-state index in [1.807, 2.05) is 24.3 Å². The van der Waals surface area contributed by atoms with Crippen LogP contribution in [-0.2, 0) is 4.79 Å². The van der Waals surface area contributed by atoms with Crippen molar-refractivity contribution in [1.82, 2.24) is 26.0 Å². The Labute approximate surface area is 217 Å². The van der Waals surface area contributed by atoms with E-state index >= 15 is 0 Å². The quantitative estimate of drug-likeness (QED) is 0.163. The fraction of sp³-hybridized carbons (Fsp3) is 0.208. The molecule has 0 aliphatic heterocycles. The van der Waals surface area contributed by atoms with Crippen molar-refractivity contribution in [3.05, 3.63) is 59.9 Å². The number of hydrogen-bond donors (Lipinski definition) is 3. The molecule has 0 atom stereocenters. The molecule has 36 heavy (non-hydrogen) atoms. The molecule has 4 rings (SSSR count). The molecule has 3 N–H and O–H groups in total. The molecule has 12 heteroatoms. The van der Waals surface area contributed by atoms with Gasteiger partial charge in [0, 0.05) is 16.3 Å². The van der Waals surface area contributed by atoms with Gasteiger partial charge in [0.05, 0.1) is 6.61 Å². The number of ether oxygens (including phenoxy) is 2. The number of rotatable bonds is 9. The van der Waals surface area contributed by atoms with Crippen molar-refractivity contribution in [2.75, 3.05) is 18.5 Å². The summed E-state index contributed by atoms with van der Waals surface area (Å²) in [6.07, 6.45) is 3.34. The molecule has 2 aromatic carbocycles. The number of nitrogens with zero attached hydrogens (tertiary/aromatic N) is 3. The lowest BCUT2D eigenvalue weighted by molar-refractivity contribution is -0.123. The highest BCUT2D eigenvalue weighted by molar-refractivity contribution is 7.80. The fourth-order valence-corrected chi connectivity index (χ4v) is 3.40. The van der Waals surface area contributed by atoms with Crippen molar-refractivity contribution in [2.45, 2.75) is 19.8 Å². The number of aromatic nitrogens is 3. The molecule has 1 amide bonds. The Bertz CT molecular complexity index is 1330. The first-order valence-corrected chi connectivity index (χ1v) is 11.9. The van der Waals surface area contributed by atoms with E-state index in [0.717, 1.165) is 29.8 Å². The summed E-state index contributed by atoms with van der Waals surface area (Å²) < 4.78 is 16.5. The van der Waals surface area contributed by atoms with E-state index in [0.29, 0.717) is 22.7 Å². The summed E-state index contributed by atoms with van der Waals surface area (Å²) in [5.74, 6) is 0.461. The van der Waals surface area contributed by atoms with Crippen molar-refractivity contribution in [3.63, 3.8) is 0 Å². The minimum atomic E-state index is -0.477. The standard InChI is InChI=1S/C24H23ClN6O4S/c1-2-3-12-33-18-10-8-17(9-11-18)28-24(36)30-29-19(32)13-34-22-20-21(15-4-6-16(25)7-5-15)31-35-23(20)27-14-26-22/h4-11,14H,2-3,12-13H2,1H3,(H,29,32)(H2,28,30,36). The predicted octanol–water partition coefficient (Wildman–Crippen LogP) is 4.51. The van der Waals surface area contributed by atoms with Gasteiger partial charge in [-0.2, -0.15) is 4.98 Å². The molecular formula is C24H23ClN6O4S. The Morgan fingerprint density at radius 3 is 2.58 bits per heavy atom. The molecule has 2 aromatic heterocycles. The van der Waals surface area contributed by atoms with Crippen LogP contribution in [0.1, 0.15) is 19.8 Å². The van der Waals surface area contributed by atoms with Crippen LogP contribution < -0.4 is 25.6 Å². The van der Waals surface area contributed by atoms with Gasteiger partial charge in [0.1, 0.15) is 23.2 Å². The Morgan fingerprint density at radius 2 is 1.83 bits per heavy atom. The highest BCUT2D eigenvalue weighted by atomic mass is 35.5. The van der Waals surface area contributed by atoms with Crippen molar-refractivity contribution in [3.8, 4) is 22.9 Å². The number of nitrogens with one attached hydrogen (secondary N) is 3. The highest BCUT2D eigenvalue weighted by Gasteiger charge is 2.18. The van der Waals surface area contributed by atoms with E-state index in [2.05, 4.69) is 38.2 Å². The van der Waals surface area contributed by atoms with Crippen LogP contribution in [0.3, 0.4) is 0 Å². The third-order valence-electron chi connectivity index (χ3n) is 4.89. The number of hydrogen-bond acceptors (Lipinski definition) is 8. The van der Waals surface area contributed by atoms with E-state index < -0.39 is 5.91 Å². The van der Waals surface area contributed by atoms with Crippen LogP contribution in [0.25, 0.3) is 22.4 Å². The molecule has 0 saturated carbocycles. The molecule has 0 radical (unpaired) electrons. The van der Waals surface area contributed by atoms with Crippen molar-refractivity contribution >= 4 is 51.6 Å². The predicted molar refractivity (Wildman–Crippen MR) is 140 cm³/mol. The first-order valence-electron chi connectivity index (χ1n) is 11.1. The molecule has 0 bridgehead atoms. The van der Waals surface area contributed by atoms with Gasteiger partial charge in [-0.15, -0.1) is 0 Å². The van der Waals surface area contributed by atoms with Gasteiger partial charge in [-0.1, -0.05) is 42.2 Å². The molecule has 0 aliphatic rings. The Kier molecular flexibility index (Phi) is 8.48. The van der Waals surface area contributed by atoms with Gasteiger partial charge in [0.25, 0.3) is 11.6 Å². The van der Waals surface area contributed by atoms with Gasteiger partial charge in [-0.3, -0.25) is 15.6 Å². The lowest BCUT2D eigenvalue weighted by Crippen LogP contribution is -2.45. The minimum absolute atomic E-state index is 0.156. The number of benzene rings is 2. The third kappa shape index (κ3) is 6.58. The van der Waals surface area contributed by atoms with Gasteiger partial charge in [-0.25, -0.2) is 4.98 Å². The van der Waals surface area contributed by atoms with E-state index in [4.69, 9.17) is 37.8 Å². The summed E-state index contributed by atoms with van der Waals surface area (Å²) in [5, 5.41) is 8.27. The number of amides is 1. The largest absolute Gasteiger partial charge is 0.494 e. The van der Waals surface area contributed by atoms with E-state index in [1.54, 1.807) is 24.3 Å². The first kappa shape index (κ1) is 25.1. The molecule has 0 spiro atoms. The Morgan fingerprint density at radius 1 is 1.06 bits per heavy atom. The zero-order chi connectivity index (χ0) is 25.3. The van der Waals surface area contributed by atoms with Crippen LogP contribution in [0.4, 0.5) is 5.69 Å². The number of carbonyl (C=O) groups is 1. The first-order chi connectivity index (χ1) is 17.5. The molecule has 0 saturated heterocycles. The number of anilines is 1. The highest BCUT2D eigenvalue weighted by Crippen LogP contribution is 2.32. The van der Waals surface area contributed by atoms with Crippen LogP contribution >= 0.6 is 23.8 Å². The molecule has 186 valence electrons. The molecular weight excluding hydrogens is 504 g/mol. The van der Waals surface area contributed by atoms with Crippen LogP contribution in [0, 0.1) is 0 Å². The summed E-state index contributed by atoms with van der Waals surface area (Å²) in [4.78, 5) is 20.5. The van der Waals surface area contributed by atoms with Gasteiger partial charge >= 0.3 is 0 Å². The molecule has 0 unspecified atom stereocenters. The average molecular weight is 527 g/mol. The maximum absolute atomic E-state index is 12.3. The van der Waals surface area contributed by atoms with Crippen LogP contribution in [0.2, 0.25) is 5.02 Å². The van der Waals surface area contributed by atoms with Crippen LogP contribution in [-0.4, -0.2) is 39.4 Å². The zero-order valence-corrected chi connectivity index (χ0v) is 20.9. The summed E-state index contributed by atoms with van der Waals surface area (Å²) in [6.45, 7) is 2.45. The second-order valence-electron chi connectivity index (χ2n) is 7.54. The monoisotopic (exact) mass is 526 g/mol. The number of halogens is 1. The average Bonchev–Trinajstić information content (AvgIpc) is 3.33. The summed E-state index contributed by atoms with van der Waals surface area (Å²) in [5.41, 5.74) is 7.29. The number of hydrazine groups is 1. The van der Waals surface area contributed by atoms with E-state index in [1.165, 1.54) is 6.33 Å². The molecule has 4 aromatic rings. The van der Waals surface area contributed by atoms with E-state index in [-0.39, 0.29) is 23.3 Å². The van der Waals surface area contributed by atoms with Gasteiger partial charge in [-0.05, 0) is 55.0 Å². The summed E-state index contributed by atoms with van der Waals surface area (Å²) in [7, 11) is 0. The third-order valence-corrected chi connectivity index (χ3v) is 5.35. The lowest BCUT2D eigenvalue weighted by Gasteiger charge is -2.12. The van der Waals surface area contributed by atoms with Gasteiger partial charge < -0.3 is 19.3 Å². The lowest BCUT2D eigenvalue weighted by atomic mass is 10.1. The molecule has 0 aliphatic carbocycles. The van der Waals surface area contributed by atoms with Gasteiger partial charge in [0.2, 0.25) is 5.88 Å². The van der Waals surface area contributed by atoms with Gasteiger partial charge in [0.15, 0.2) is 11.7 Å². The topological polar surface area (TPSA) is 123 Å². The Balaban J connectivity index is 1.29. The second kappa shape index (κ2) is 12.1.